The number of anilines is 1. The number of methoxy groups -OCH3 is 1. The highest BCUT2D eigenvalue weighted by atomic mass is 79.9. The fraction of sp³-hybridized carbons (Fsp3) is 0.0769. The number of ether oxygens (including phenoxy) is 1. The Morgan fingerprint density at radius 1 is 1.28 bits per heavy atom. The standard InChI is InChI=1S/C13H11BrN2O2/c1-18-11-4-2-9(3-5-11)13(17)16-12-8-10(14)6-7-15-12/h2-8H,1H3,(H,15,16,17). The zero-order chi connectivity index (χ0) is 13.0. The molecule has 1 heterocycles. The van der Waals surface area contributed by atoms with Crippen LogP contribution in [0.2, 0.25) is 0 Å². The Balaban J connectivity index is 2.11. The summed E-state index contributed by atoms with van der Waals surface area (Å²) >= 11 is 3.32. The molecule has 0 fully saturated rings. The zero-order valence-corrected chi connectivity index (χ0v) is 11.3. The average Bonchev–Trinajstić information content (AvgIpc) is 2.39. The summed E-state index contributed by atoms with van der Waals surface area (Å²) in [4.78, 5) is 16.0. The second-order valence-corrected chi connectivity index (χ2v) is 4.46. The molecule has 5 heteroatoms. The molecule has 1 amide bonds. The molecule has 1 aromatic heterocycles. The lowest BCUT2D eigenvalue weighted by molar-refractivity contribution is 0.102. The van der Waals surface area contributed by atoms with Crippen LogP contribution in [-0.2, 0) is 0 Å². The number of hydrogen-bond acceptors (Lipinski definition) is 3. The van der Waals surface area contributed by atoms with E-state index in [-0.39, 0.29) is 5.91 Å². The molecule has 2 aromatic rings. The van der Waals surface area contributed by atoms with Crippen LogP contribution < -0.4 is 10.1 Å². The van der Waals surface area contributed by atoms with Gasteiger partial charge >= 0.3 is 0 Å². The van der Waals surface area contributed by atoms with Crippen LogP contribution in [0.15, 0.2) is 47.1 Å². The van der Waals surface area contributed by atoms with E-state index < -0.39 is 0 Å². The Labute approximate surface area is 113 Å². The Morgan fingerprint density at radius 2 is 2.00 bits per heavy atom. The van der Waals surface area contributed by atoms with Gasteiger partial charge in [-0.3, -0.25) is 4.79 Å². The Hall–Kier alpha value is -1.88. The molecule has 0 spiro atoms. The van der Waals surface area contributed by atoms with Crippen molar-refractivity contribution in [3.63, 3.8) is 0 Å². The highest BCUT2D eigenvalue weighted by Crippen LogP contribution is 2.15. The molecular formula is C13H11BrN2O2. The highest BCUT2D eigenvalue weighted by molar-refractivity contribution is 9.10. The summed E-state index contributed by atoms with van der Waals surface area (Å²) in [5.74, 6) is 1.01. The number of nitrogens with zero attached hydrogens (tertiary/aromatic N) is 1. The van der Waals surface area contributed by atoms with Crippen molar-refractivity contribution in [3.8, 4) is 5.75 Å². The van der Waals surface area contributed by atoms with E-state index >= 15 is 0 Å². The Kier molecular flexibility index (Phi) is 3.94. The minimum atomic E-state index is -0.205. The number of benzene rings is 1. The van der Waals surface area contributed by atoms with Gasteiger partial charge in [-0.25, -0.2) is 4.98 Å². The van der Waals surface area contributed by atoms with E-state index in [0.717, 1.165) is 4.47 Å². The normalized spacial score (nSPS) is 9.89. The molecule has 0 radical (unpaired) electrons. The van der Waals surface area contributed by atoms with Gasteiger partial charge in [-0.05, 0) is 36.4 Å². The lowest BCUT2D eigenvalue weighted by Crippen LogP contribution is -2.12. The van der Waals surface area contributed by atoms with Crippen molar-refractivity contribution in [3.05, 3.63) is 52.6 Å². The van der Waals surface area contributed by atoms with Gasteiger partial charge in [0.15, 0.2) is 0 Å². The zero-order valence-electron chi connectivity index (χ0n) is 9.68. The molecule has 0 aliphatic heterocycles. The lowest BCUT2D eigenvalue weighted by atomic mass is 10.2. The van der Waals surface area contributed by atoms with E-state index in [1.807, 2.05) is 0 Å². The average molecular weight is 307 g/mol. The third kappa shape index (κ3) is 3.07. The first-order valence-corrected chi connectivity index (χ1v) is 6.05. The smallest absolute Gasteiger partial charge is 0.256 e. The van der Waals surface area contributed by atoms with Crippen LogP contribution in [0.5, 0.6) is 5.75 Å². The van der Waals surface area contributed by atoms with Crippen molar-refractivity contribution >= 4 is 27.7 Å². The third-order valence-electron chi connectivity index (χ3n) is 2.32. The number of pyridine rings is 1. The minimum Gasteiger partial charge on any atom is -0.497 e. The number of nitrogens with one attached hydrogen (secondary N) is 1. The first-order valence-electron chi connectivity index (χ1n) is 5.26. The molecule has 2 rings (SSSR count). The van der Waals surface area contributed by atoms with E-state index in [4.69, 9.17) is 4.74 Å². The molecule has 0 aliphatic carbocycles. The Morgan fingerprint density at radius 3 is 2.61 bits per heavy atom. The van der Waals surface area contributed by atoms with Crippen molar-refractivity contribution in [1.82, 2.24) is 4.98 Å². The van der Waals surface area contributed by atoms with Crippen molar-refractivity contribution in [2.75, 3.05) is 12.4 Å². The molecule has 0 saturated heterocycles. The molecule has 0 aliphatic rings. The van der Waals surface area contributed by atoms with Crippen molar-refractivity contribution in [2.45, 2.75) is 0 Å². The van der Waals surface area contributed by atoms with Crippen LogP contribution in [0.4, 0.5) is 5.82 Å². The summed E-state index contributed by atoms with van der Waals surface area (Å²) in [5, 5.41) is 2.72. The second-order valence-electron chi connectivity index (χ2n) is 3.54. The topological polar surface area (TPSA) is 51.2 Å². The van der Waals surface area contributed by atoms with Gasteiger partial charge in [-0.1, -0.05) is 15.9 Å². The minimum absolute atomic E-state index is 0.205. The summed E-state index contributed by atoms with van der Waals surface area (Å²) in [7, 11) is 1.58. The summed E-state index contributed by atoms with van der Waals surface area (Å²) in [6, 6.07) is 10.4. The van der Waals surface area contributed by atoms with Gasteiger partial charge < -0.3 is 10.1 Å². The molecule has 92 valence electrons. The maximum Gasteiger partial charge on any atom is 0.256 e. The van der Waals surface area contributed by atoms with Crippen molar-refractivity contribution in [2.24, 2.45) is 0 Å². The van der Waals surface area contributed by atoms with E-state index in [2.05, 4.69) is 26.2 Å². The third-order valence-corrected chi connectivity index (χ3v) is 2.81. The number of hydrogen-bond donors (Lipinski definition) is 1. The van der Waals surface area contributed by atoms with Crippen LogP contribution in [0.3, 0.4) is 0 Å². The molecule has 0 saturated carbocycles. The first kappa shape index (κ1) is 12.6. The summed E-state index contributed by atoms with van der Waals surface area (Å²) in [5.41, 5.74) is 0.553. The van der Waals surface area contributed by atoms with Gasteiger partial charge in [-0.15, -0.1) is 0 Å². The van der Waals surface area contributed by atoms with Crippen LogP contribution in [0.25, 0.3) is 0 Å². The number of aromatic nitrogens is 1. The van der Waals surface area contributed by atoms with Gasteiger partial charge in [0.25, 0.3) is 5.91 Å². The SMILES string of the molecule is COc1ccc(C(=O)Nc2cc(Br)ccn2)cc1. The van der Waals surface area contributed by atoms with Crippen LogP contribution in [0.1, 0.15) is 10.4 Å². The quantitative estimate of drug-likeness (QED) is 0.948. The predicted octanol–water partition coefficient (Wildman–Crippen LogP) is 3.11. The molecule has 18 heavy (non-hydrogen) atoms. The molecule has 4 nitrogen and oxygen atoms in total. The van der Waals surface area contributed by atoms with Crippen molar-refractivity contribution < 1.29 is 9.53 Å². The molecule has 0 unspecified atom stereocenters. The van der Waals surface area contributed by atoms with Gasteiger partial charge in [0.2, 0.25) is 0 Å². The van der Waals surface area contributed by atoms with E-state index in [1.54, 1.807) is 49.7 Å². The second kappa shape index (κ2) is 5.64. The maximum atomic E-state index is 11.9. The molecule has 1 aromatic carbocycles. The van der Waals surface area contributed by atoms with Gasteiger partial charge in [0.1, 0.15) is 11.6 Å². The predicted molar refractivity (Wildman–Crippen MR) is 72.9 cm³/mol. The highest BCUT2D eigenvalue weighted by Gasteiger charge is 2.06. The van der Waals surface area contributed by atoms with Crippen LogP contribution in [0, 0.1) is 0 Å². The summed E-state index contributed by atoms with van der Waals surface area (Å²) < 4.78 is 5.90. The number of halogens is 1. The number of amides is 1. The van der Waals surface area contributed by atoms with Gasteiger partial charge in [0, 0.05) is 16.2 Å². The van der Waals surface area contributed by atoms with Gasteiger partial charge in [0.05, 0.1) is 7.11 Å². The summed E-state index contributed by atoms with van der Waals surface area (Å²) in [6.45, 7) is 0. The van der Waals surface area contributed by atoms with Crippen LogP contribution >= 0.6 is 15.9 Å². The van der Waals surface area contributed by atoms with Gasteiger partial charge in [-0.2, -0.15) is 0 Å². The monoisotopic (exact) mass is 306 g/mol. The maximum absolute atomic E-state index is 11.9. The molecule has 1 N–H and O–H groups in total. The number of rotatable bonds is 3. The summed E-state index contributed by atoms with van der Waals surface area (Å²) in [6.07, 6.45) is 1.62. The van der Waals surface area contributed by atoms with E-state index in [0.29, 0.717) is 17.1 Å². The molecular weight excluding hydrogens is 296 g/mol. The van der Waals surface area contributed by atoms with E-state index in [9.17, 15) is 4.79 Å². The fourth-order valence-electron chi connectivity index (χ4n) is 1.40. The Bertz CT molecular complexity index is 555. The van der Waals surface area contributed by atoms with Crippen LogP contribution in [-0.4, -0.2) is 18.0 Å². The first-order chi connectivity index (χ1) is 8.69. The van der Waals surface area contributed by atoms with Crippen molar-refractivity contribution in [1.29, 1.82) is 0 Å². The van der Waals surface area contributed by atoms with E-state index in [1.165, 1.54) is 0 Å². The lowest BCUT2D eigenvalue weighted by Gasteiger charge is -2.05. The molecule has 0 bridgehead atoms. The fourth-order valence-corrected chi connectivity index (χ4v) is 1.74. The number of carbonyl (C=O) groups excluding carboxylic acids is 1. The molecule has 0 atom stereocenters. The largest absolute Gasteiger partial charge is 0.497 e. The number of carbonyl (C=O) groups is 1.